The van der Waals surface area contributed by atoms with Crippen LogP contribution in [0.4, 0.5) is 0 Å². The predicted molar refractivity (Wildman–Crippen MR) is 78.9 cm³/mol. The SMILES string of the molecule is CN=C(NCC1COCCO1)N1CC2CCCCC2C1. The van der Waals surface area contributed by atoms with Crippen molar-refractivity contribution in [2.45, 2.75) is 31.8 Å². The van der Waals surface area contributed by atoms with Crippen LogP contribution >= 0.6 is 0 Å². The number of guanidine groups is 1. The molecule has 3 atom stereocenters. The number of hydrogen-bond donors (Lipinski definition) is 1. The molecule has 1 saturated carbocycles. The van der Waals surface area contributed by atoms with Crippen LogP contribution in [0.15, 0.2) is 4.99 Å². The number of rotatable bonds is 2. The monoisotopic (exact) mass is 281 g/mol. The van der Waals surface area contributed by atoms with Gasteiger partial charge in [0.25, 0.3) is 0 Å². The standard InChI is InChI=1S/C15H27N3O2/c1-16-15(17-8-14-11-19-6-7-20-14)18-9-12-4-2-3-5-13(12)10-18/h12-14H,2-11H2,1H3,(H,16,17). The molecule has 0 aromatic carbocycles. The second kappa shape index (κ2) is 6.76. The minimum Gasteiger partial charge on any atom is -0.376 e. The van der Waals surface area contributed by atoms with Crippen LogP contribution in [0, 0.1) is 11.8 Å². The first-order valence-electron chi connectivity index (χ1n) is 8.01. The zero-order chi connectivity index (χ0) is 13.8. The largest absolute Gasteiger partial charge is 0.376 e. The maximum atomic E-state index is 5.67. The molecular formula is C15H27N3O2. The lowest BCUT2D eigenvalue weighted by Gasteiger charge is -2.26. The van der Waals surface area contributed by atoms with E-state index in [4.69, 9.17) is 9.47 Å². The lowest BCUT2D eigenvalue weighted by atomic mass is 9.82. The third kappa shape index (κ3) is 3.26. The van der Waals surface area contributed by atoms with Crippen molar-refractivity contribution in [2.75, 3.05) is 46.5 Å². The lowest BCUT2D eigenvalue weighted by molar-refractivity contribution is -0.0851. The number of hydrogen-bond acceptors (Lipinski definition) is 3. The zero-order valence-electron chi connectivity index (χ0n) is 12.5. The van der Waals surface area contributed by atoms with E-state index in [0.29, 0.717) is 13.2 Å². The zero-order valence-corrected chi connectivity index (χ0v) is 12.5. The normalized spacial score (nSPS) is 35.0. The van der Waals surface area contributed by atoms with Gasteiger partial charge in [-0.15, -0.1) is 0 Å². The van der Waals surface area contributed by atoms with Crippen molar-refractivity contribution in [1.29, 1.82) is 0 Å². The summed E-state index contributed by atoms with van der Waals surface area (Å²) in [6.07, 6.45) is 5.78. The summed E-state index contributed by atoms with van der Waals surface area (Å²) in [5, 5.41) is 3.46. The van der Waals surface area contributed by atoms with E-state index in [-0.39, 0.29) is 6.10 Å². The summed E-state index contributed by atoms with van der Waals surface area (Å²) >= 11 is 0. The van der Waals surface area contributed by atoms with E-state index in [1.54, 1.807) is 0 Å². The van der Waals surface area contributed by atoms with Crippen LogP contribution in [0.25, 0.3) is 0 Å². The van der Waals surface area contributed by atoms with Gasteiger partial charge in [0.2, 0.25) is 0 Å². The highest BCUT2D eigenvalue weighted by atomic mass is 16.6. The topological polar surface area (TPSA) is 46.1 Å². The van der Waals surface area contributed by atoms with Crippen LogP contribution in [0.5, 0.6) is 0 Å². The fourth-order valence-electron chi connectivity index (χ4n) is 3.77. The Kier molecular flexibility index (Phi) is 4.78. The third-order valence-electron chi connectivity index (χ3n) is 4.86. The van der Waals surface area contributed by atoms with Crippen molar-refractivity contribution in [3.05, 3.63) is 0 Å². The highest BCUT2D eigenvalue weighted by Gasteiger charge is 2.35. The van der Waals surface area contributed by atoms with Crippen molar-refractivity contribution in [1.82, 2.24) is 10.2 Å². The van der Waals surface area contributed by atoms with Crippen molar-refractivity contribution in [3.8, 4) is 0 Å². The summed E-state index contributed by atoms with van der Waals surface area (Å²) in [6.45, 7) is 5.26. The first-order chi connectivity index (χ1) is 9.86. The first-order valence-corrected chi connectivity index (χ1v) is 8.01. The summed E-state index contributed by atoms with van der Waals surface area (Å²) in [7, 11) is 1.88. The van der Waals surface area contributed by atoms with Gasteiger partial charge in [0.15, 0.2) is 5.96 Å². The minimum absolute atomic E-state index is 0.158. The van der Waals surface area contributed by atoms with Crippen LogP contribution in [0.2, 0.25) is 0 Å². The maximum Gasteiger partial charge on any atom is 0.193 e. The van der Waals surface area contributed by atoms with E-state index >= 15 is 0 Å². The molecule has 0 aromatic heterocycles. The van der Waals surface area contributed by atoms with Gasteiger partial charge in [-0.3, -0.25) is 4.99 Å². The molecule has 20 heavy (non-hydrogen) atoms. The molecular weight excluding hydrogens is 254 g/mol. The Bertz CT molecular complexity index is 328. The van der Waals surface area contributed by atoms with Gasteiger partial charge in [-0.05, 0) is 24.7 Å². The van der Waals surface area contributed by atoms with Crippen LogP contribution in [0.1, 0.15) is 25.7 Å². The van der Waals surface area contributed by atoms with Gasteiger partial charge in [0.1, 0.15) is 0 Å². The number of likely N-dealkylation sites (tertiary alicyclic amines) is 1. The molecule has 114 valence electrons. The molecule has 5 heteroatoms. The number of aliphatic imine (C=N–C) groups is 1. The Morgan fingerprint density at radius 2 is 1.95 bits per heavy atom. The van der Waals surface area contributed by atoms with Gasteiger partial charge in [-0.25, -0.2) is 0 Å². The molecule has 1 N–H and O–H groups in total. The Balaban J connectivity index is 1.49. The van der Waals surface area contributed by atoms with E-state index in [1.807, 2.05) is 7.05 Å². The number of nitrogens with zero attached hydrogens (tertiary/aromatic N) is 2. The number of nitrogens with one attached hydrogen (secondary N) is 1. The second-order valence-electron chi connectivity index (χ2n) is 6.21. The molecule has 0 aromatic rings. The summed E-state index contributed by atoms with van der Waals surface area (Å²) < 4.78 is 11.1. The van der Waals surface area contributed by atoms with Crippen molar-refractivity contribution in [2.24, 2.45) is 16.8 Å². The van der Waals surface area contributed by atoms with Gasteiger partial charge in [-0.2, -0.15) is 0 Å². The highest BCUT2D eigenvalue weighted by molar-refractivity contribution is 5.80. The van der Waals surface area contributed by atoms with Crippen LogP contribution in [0.3, 0.4) is 0 Å². The van der Waals surface area contributed by atoms with Gasteiger partial charge in [0.05, 0.1) is 25.9 Å². The third-order valence-corrected chi connectivity index (χ3v) is 4.86. The van der Waals surface area contributed by atoms with Gasteiger partial charge >= 0.3 is 0 Å². The first kappa shape index (κ1) is 14.1. The van der Waals surface area contributed by atoms with Gasteiger partial charge in [0, 0.05) is 26.7 Å². The lowest BCUT2D eigenvalue weighted by Crippen LogP contribution is -2.46. The Labute approximate surface area is 121 Å². The molecule has 0 amide bonds. The molecule has 2 saturated heterocycles. The number of ether oxygens (including phenoxy) is 2. The molecule has 1 aliphatic carbocycles. The molecule has 0 radical (unpaired) electrons. The molecule has 5 nitrogen and oxygen atoms in total. The van der Waals surface area contributed by atoms with E-state index in [1.165, 1.54) is 38.8 Å². The molecule has 0 bridgehead atoms. The van der Waals surface area contributed by atoms with Crippen molar-refractivity contribution < 1.29 is 9.47 Å². The van der Waals surface area contributed by atoms with Crippen LogP contribution < -0.4 is 5.32 Å². The average Bonchev–Trinajstić information content (AvgIpc) is 2.92. The second-order valence-corrected chi connectivity index (χ2v) is 6.21. The van der Waals surface area contributed by atoms with E-state index < -0.39 is 0 Å². The van der Waals surface area contributed by atoms with E-state index in [9.17, 15) is 0 Å². The van der Waals surface area contributed by atoms with Crippen LogP contribution in [-0.2, 0) is 9.47 Å². The Morgan fingerprint density at radius 1 is 1.20 bits per heavy atom. The van der Waals surface area contributed by atoms with Gasteiger partial charge in [-0.1, -0.05) is 12.8 Å². The quantitative estimate of drug-likeness (QED) is 0.608. The number of fused-ring (bicyclic) bond motifs is 1. The minimum atomic E-state index is 0.158. The molecule has 2 aliphatic heterocycles. The Hall–Kier alpha value is -0.810. The van der Waals surface area contributed by atoms with Gasteiger partial charge < -0.3 is 19.7 Å². The highest BCUT2D eigenvalue weighted by Crippen LogP contribution is 2.35. The average molecular weight is 281 g/mol. The van der Waals surface area contributed by atoms with Crippen LogP contribution in [-0.4, -0.2) is 63.5 Å². The molecule has 3 aliphatic rings. The Morgan fingerprint density at radius 3 is 2.55 bits per heavy atom. The smallest absolute Gasteiger partial charge is 0.193 e. The molecule has 0 spiro atoms. The molecule has 3 fully saturated rings. The summed E-state index contributed by atoms with van der Waals surface area (Å²) in [6, 6.07) is 0. The summed E-state index contributed by atoms with van der Waals surface area (Å²) in [4.78, 5) is 6.88. The predicted octanol–water partition coefficient (Wildman–Crippen LogP) is 1.10. The molecule has 2 heterocycles. The molecule has 3 rings (SSSR count). The van der Waals surface area contributed by atoms with E-state index in [2.05, 4.69) is 15.2 Å². The fourth-order valence-corrected chi connectivity index (χ4v) is 3.77. The molecule has 3 unspecified atom stereocenters. The summed E-state index contributed by atoms with van der Waals surface area (Å²) in [5.74, 6) is 2.81. The van der Waals surface area contributed by atoms with E-state index in [0.717, 1.165) is 30.9 Å². The summed E-state index contributed by atoms with van der Waals surface area (Å²) in [5.41, 5.74) is 0. The van der Waals surface area contributed by atoms with Crippen molar-refractivity contribution in [3.63, 3.8) is 0 Å². The fraction of sp³-hybridized carbons (Fsp3) is 0.933. The maximum absolute atomic E-state index is 5.67. The van der Waals surface area contributed by atoms with Crippen molar-refractivity contribution >= 4 is 5.96 Å².